The van der Waals surface area contributed by atoms with Gasteiger partial charge in [-0.25, -0.2) is 0 Å². The largest absolute Gasteiger partial charge is 0.362 e. The van der Waals surface area contributed by atoms with Crippen molar-refractivity contribution >= 4 is 11.8 Å². The van der Waals surface area contributed by atoms with Crippen molar-refractivity contribution in [1.29, 1.82) is 0 Å². The van der Waals surface area contributed by atoms with E-state index in [-0.39, 0.29) is 30.9 Å². The molecule has 0 saturated carbocycles. The minimum absolute atomic E-state index is 0.0299. The Morgan fingerprint density at radius 2 is 1.78 bits per heavy atom. The number of morpholine rings is 1. The van der Waals surface area contributed by atoms with Crippen LogP contribution in [0.25, 0.3) is 0 Å². The number of carbonyl (C=O) groups is 2. The van der Waals surface area contributed by atoms with Crippen LogP contribution in [0.15, 0.2) is 30.3 Å². The van der Waals surface area contributed by atoms with Crippen LogP contribution in [0.1, 0.15) is 11.5 Å². The Labute approximate surface area is 106 Å². The zero-order valence-electron chi connectivity index (χ0n) is 10.0. The number of ether oxygens (including phenoxy) is 1. The summed E-state index contributed by atoms with van der Waals surface area (Å²) in [6.45, 7) is 0.652. The maximum absolute atomic E-state index is 11.6. The lowest BCUT2D eigenvalue weighted by Gasteiger charge is -2.28. The summed E-state index contributed by atoms with van der Waals surface area (Å²) in [5, 5.41) is 0. The Balaban J connectivity index is 2.10. The van der Waals surface area contributed by atoms with E-state index in [1.165, 1.54) is 4.90 Å². The van der Waals surface area contributed by atoms with Crippen LogP contribution in [0.3, 0.4) is 0 Å². The van der Waals surface area contributed by atoms with E-state index >= 15 is 0 Å². The molecule has 96 valence electrons. The van der Waals surface area contributed by atoms with Crippen LogP contribution in [0.4, 0.5) is 0 Å². The number of nitrogens with zero attached hydrogens (tertiary/aromatic N) is 1. The van der Waals surface area contributed by atoms with Crippen LogP contribution in [0.2, 0.25) is 0 Å². The van der Waals surface area contributed by atoms with E-state index in [2.05, 4.69) is 0 Å². The fraction of sp³-hybridized carbons (Fsp3) is 0.385. The molecule has 1 fully saturated rings. The van der Waals surface area contributed by atoms with Gasteiger partial charge in [0.15, 0.2) is 0 Å². The van der Waals surface area contributed by atoms with Gasteiger partial charge in [0.05, 0.1) is 0 Å². The number of nitrogens with two attached hydrogens (primary N) is 1. The first-order valence-corrected chi connectivity index (χ1v) is 5.88. The zero-order valence-corrected chi connectivity index (χ0v) is 10.0. The van der Waals surface area contributed by atoms with Gasteiger partial charge in [-0.05, 0) is 5.56 Å². The molecule has 18 heavy (non-hydrogen) atoms. The van der Waals surface area contributed by atoms with E-state index in [1.54, 1.807) is 0 Å². The SMILES string of the molecule is NCC(CN1C(=O)COCC1=O)c1ccccc1. The third-order valence-corrected chi connectivity index (χ3v) is 3.01. The quantitative estimate of drug-likeness (QED) is 0.768. The van der Waals surface area contributed by atoms with E-state index in [1.807, 2.05) is 30.3 Å². The Bertz CT molecular complexity index is 417. The molecule has 5 heteroatoms. The number of hydrogen-bond acceptors (Lipinski definition) is 4. The molecule has 1 atom stereocenters. The number of rotatable bonds is 4. The van der Waals surface area contributed by atoms with Gasteiger partial charge in [0.25, 0.3) is 11.8 Å². The molecule has 1 aliphatic heterocycles. The van der Waals surface area contributed by atoms with Gasteiger partial charge in [0.2, 0.25) is 0 Å². The number of carbonyl (C=O) groups excluding carboxylic acids is 2. The highest BCUT2D eigenvalue weighted by molar-refractivity contribution is 5.98. The van der Waals surface area contributed by atoms with Gasteiger partial charge in [0, 0.05) is 19.0 Å². The van der Waals surface area contributed by atoms with Crippen LogP contribution in [0.5, 0.6) is 0 Å². The van der Waals surface area contributed by atoms with E-state index in [0.717, 1.165) is 5.56 Å². The molecular weight excluding hydrogens is 232 g/mol. The molecule has 0 radical (unpaired) electrons. The van der Waals surface area contributed by atoms with Gasteiger partial charge >= 0.3 is 0 Å². The van der Waals surface area contributed by atoms with Gasteiger partial charge < -0.3 is 10.5 Å². The smallest absolute Gasteiger partial charge is 0.255 e. The first kappa shape index (κ1) is 12.7. The number of benzene rings is 1. The second kappa shape index (κ2) is 5.75. The monoisotopic (exact) mass is 248 g/mol. The maximum Gasteiger partial charge on any atom is 0.255 e. The topological polar surface area (TPSA) is 72.6 Å². The van der Waals surface area contributed by atoms with E-state index in [0.29, 0.717) is 13.1 Å². The summed E-state index contributed by atoms with van der Waals surface area (Å²) in [6.07, 6.45) is 0. The van der Waals surface area contributed by atoms with Crippen LogP contribution >= 0.6 is 0 Å². The highest BCUT2D eigenvalue weighted by atomic mass is 16.5. The van der Waals surface area contributed by atoms with Crippen LogP contribution in [-0.2, 0) is 14.3 Å². The summed E-state index contributed by atoms with van der Waals surface area (Å²) >= 11 is 0. The van der Waals surface area contributed by atoms with Gasteiger partial charge in [-0.15, -0.1) is 0 Å². The third-order valence-electron chi connectivity index (χ3n) is 3.01. The van der Waals surface area contributed by atoms with Crippen molar-refractivity contribution < 1.29 is 14.3 Å². The summed E-state index contributed by atoms with van der Waals surface area (Å²) in [5.41, 5.74) is 6.77. The average Bonchev–Trinajstić information content (AvgIpc) is 2.40. The summed E-state index contributed by atoms with van der Waals surface area (Å²) in [4.78, 5) is 24.5. The number of hydrogen-bond donors (Lipinski definition) is 1. The van der Waals surface area contributed by atoms with E-state index < -0.39 is 0 Å². The first-order valence-electron chi connectivity index (χ1n) is 5.88. The van der Waals surface area contributed by atoms with Crippen molar-refractivity contribution in [3.63, 3.8) is 0 Å². The lowest BCUT2D eigenvalue weighted by molar-refractivity contribution is -0.158. The van der Waals surface area contributed by atoms with Crippen LogP contribution < -0.4 is 5.73 Å². The fourth-order valence-corrected chi connectivity index (χ4v) is 1.99. The van der Waals surface area contributed by atoms with Gasteiger partial charge in [-0.1, -0.05) is 30.3 Å². The normalized spacial score (nSPS) is 17.9. The summed E-state index contributed by atoms with van der Waals surface area (Å²) in [5.74, 6) is -0.613. The predicted molar refractivity (Wildman–Crippen MR) is 65.8 cm³/mol. The first-order chi connectivity index (χ1) is 8.72. The molecule has 1 heterocycles. The fourth-order valence-electron chi connectivity index (χ4n) is 1.99. The van der Waals surface area contributed by atoms with Gasteiger partial charge in [-0.2, -0.15) is 0 Å². The molecule has 1 aromatic rings. The molecule has 2 N–H and O–H groups in total. The Morgan fingerprint density at radius 3 is 2.33 bits per heavy atom. The molecule has 1 aliphatic rings. The lowest BCUT2D eigenvalue weighted by Crippen LogP contribution is -2.48. The molecule has 0 bridgehead atoms. The maximum atomic E-state index is 11.6. The second-order valence-corrected chi connectivity index (χ2v) is 4.23. The highest BCUT2D eigenvalue weighted by Crippen LogP contribution is 2.17. The van der Waals surface area contributed by atoms with Crippen LogP contribution in [0, 0.1) is 0 Å². The molecule has 2 rings (SSSR count). The standard InChI is InChI=1S/C13H16N2O3/c14-6-11(10-4-2-1-3-5-10)7-15-12(16)8-18-9-13(15)17/h1-5,11H,6-9,14H2. The van der Waals surface area contributed by atoms with Crippen molar-refractivity contribution in [2.24, 2.45) is 5.73 Å². The van der Waals surface area contributed by atoms with Crippen molar-refractivity contribution in [2.75, 3.05) is 26.3 Å². The number of amides is 2. The van der Waals surface area contributed by atoms with Crippen molar-refractivity contribution in [3.05, 3.63) is 35.9 Å². The molecule has 2 amide bonds. The second-order valence-electron chi connectivity index (χ2n) is 4.23. The van der Waals surface area contributed by atoms with Gasteiger partial charge in [0.1, 0.15) is 13.2 Å². The number of imide groups is 1. The Hall–Kier alpha value is -1.72. The van der Waals surface area contributed by atoms with Crippen molar-refractivity contribution in [2.45, 2.75) is 5.92 Å². The zero-order chi connectivity index (χ0) is 13.0. The van der Waals surface area contributed by atoms with E-state index in [9.17, 15) is 9.59 Å². The predicted octanol–water partition coefficient (Wildman–Crippen LogP) is 0.114. The molecule has 1 saturated heterocycles. The lowest BCUT2D eigenvalue weighted by atomic mass is 9.98. The van der Waals surface area contributed by atoms with Crippen molar-refractivity contribution in [1.82, 2.24) is 4.90 Å². The molecule has 1 aromatic carbocycles. The summed E-state index contributed by atoms with van der Waals surface area (Å²) in [7, 11) is 0. The molecule has 5 nitrogen and oxygen atoms in total. The average molecular weight is 248 g/mol. The summed E-state index contributed by atoms with van der Waals surface area (Å²) < 4.78 is 4.87. The van der Waals surface area contributed by atoms with Crippen molar-refractivity contribution in [3.8, 4) is 0 Å². The summed E-state index contributed by atoms with van der Waals surface area (Å²) in [6, 6.07) is 9.66. The third kappa shape index (κ3) is 2.75. The minimum Gasteiger partial charge on any atom is -0.362 e. The molecule has 0 spiro atoms. The molecule has 1 unspecified atom stereocenters. The van der Waals surface area contributed by atoms with E-state index in [4.69, 9.17) is 10.5 Å². The van der Waals surface area contributed by atoms with Crippen LogP contribution in [-0.4, -0.2) is 43.0 Å². The Kier molecular flexibility index (Phi) is 4.07. The molecule has 0 aromatic heterocycles. The molecule has 0 aliphatic carbocycles. The minimum atomic E-state index is -0.291. The van der Waals surface area contributed by atoms with Gasteiger partial charge in [-0.3, -0.25) is 14.5 Å². The molecular formula is C13H16N2O3. The Morgan fingerprint density at radius 1 is 1.17 bits per heavy atom. The highest BCUT2D eigenvalue weighted by Gasteiger charge is 2.28.